The van der Waals surface area contributed by atoms with Crippen molar-refractivity contribution in [3.05, 3.63) is 0 Å². The molecule has 1 aliphatic carbocycles. The van der Waals surface area contributed by atoms with Gasteiger partial charge in [-0.3, -0.25) is 0 Å². The fraction of sp³-hybridized carbons (Fsp3) is 0.909. The SMILES string of the molecule is CC1CCN(CC2(CC#N)CC2)C1. The zero-order chi connectivity index (χ0) is 9.31. The van der Waals surface area contributed by atoms with Crippen LogP contribution in [0.3, 0.4) is 0 Å². The molecule has 0 aromatic carbocycles. The molecule has 2 heteroatoms. The van der Waals surface area contributed by atoms with Crippen molar-refractivity contribution >= 4 is 0 Å². The highest BCUT2D eigenvalue weighted by molar-refractivity contribution is 5.01. The highest BCUT2D eigenvalue weighted by atomic mass is 15.2. The van der Waals surface area contributed by atoms with E-state index in [0.29, 0.717) is 5.41 Å². The summed E-state index contributed by atoms with van der Waals surface area (Å²) in [5.74, 6) is 0.873. The minimum atomic E-state index is 0.415. The highest BCUT2D eigenvalue weighted by Crippen LogP contribution is 2.49. The van der Waals surface area contributed by atoms with Gasteiger partial charge >= 0.3 is 0 Å². The summed E-state index contributed by atoms with van der Waals surface area (Å²) in [5, 5.41) is 8.70. The number of rotatable bonds is 3. The molecule has 2 aliphatic rings. The van der Waals surface area contributed by atoms with Crippen LogP contribution in [-0.4, -0.2) is 24.5 Å². The number of hydrogen-bond donors (Lipinski definition) is 0. The lowest BCUT2D eigenvalue weighted by atomic mass is 10.0. The van der Waals surface area contributed by atoms with Gasteiger partial charge in [0.25, 0.3) is 0 Å². The topological polar surface area (TPSA) is 27.0 Å². The molecule has 0 amide bonds. The Labute approximate surface area is 80.5 Å². The number of nitrogens with zero attached hydrogens (tertiary/aromatic N) is 2. The summed E-state index contributed by atoms with van der Waals surface area (Å²) >= 11 is 0. The van der Waals surface area contributed by atoms with Crippen LogP contribution in [0.4, 0.5) is 0 Å². The maximum Gasteiger partial charge on any atom is 0.0628 e. The summed E-state index contributed by atoms with van der Waals surface area (Å²) in [6.07, 6.45) is 4.69. The Morgan fingerprint density at radius 1 is 1.54 bits per heavy atom. The molecule has 0 aromatic rings. The van der Waals surface area contributed by atoms with E-state index >= 15 is 0 Å². The second-order valence-electron chi connectivity index (χ2n) is 4.96. The lowest BCUT2D eigenvalue weighted by Crippen LogP contribution is -2.28. The summed E-state index contributed by atoms with van der Waals surface area (Å²) in [7, 11) is 0. The average molecular weight is 178 g/mol. The van der Waals surface area contributed by atoms with Gasteiger partial charge in [0.2, 0.25) is 0 Å². The molecule has 0 bridgehead atoms. The maximum absolute atomic E-state index is 8.70. The molecular formula is C11H18N2. The van der Waals surface area contributed by atoms with Gasteiger partial charge in [0.1, 0.15) is 0 Å². The van der Waals surface area contributed by atoms with Crippen molar-refractivity contribution in [1.82, 2.24) is 4.90 Å². The Morgan fingerprint density at radius 3 is 2.77 bits per heavy atom. The Hall–Kier alpha value is -0.550. The molecule has 2 nitrogen and oxygen atoms in total. The normalized spacial score (nSPS) is 31.5. The summed E-state index contributed by atoms with van der Waals surface area (Å²) in [6.45, 7) is 6.02. The Balaban J connectivity index is 1.82. The highest BCUT2D eigenvalue weighted by Gasteiger charge is 2.44. The number of hydrogen-bond acceptors (Lipinski definition) is 2. The van der Waals surface area contributed by atoms with Crippen molar-refractivity contribution in [1.29, 1.82) is 5.26 Å². The van der Waals surface area contributed by atoms with Crippen LogP contribution in [0, 0.1) is 22.7 Å². The first kappa shape index (κ1) is 9.02. The van der Waals surface area contributed by atoms with Crippen LogP contribution in [-0.2, 0) is 0 Å². The van der Waals surface area contributed by atoms with Gasteiger partial charge in [0.15, 0.2) is 0 Å². The van der Waals surface area contributed by atoms with E-state index in [9.17, 15) is 0 Å². The number of nitriles is 1. The van der Waals surface area contributed by atoms with Crippen LogP contribution in [0.2, 0.25) is 0 Å². The van der Waals surface area contributed by atoms with Gasteiger partial charge in [0, 0.05) is 19.5 Å². The van der Waals surface area contributed by atoms with E-state index in [2.05, 4.69) is 17.9 Å². The Bertz CT molecular complexity index is 225. The molecule has 72 valence electrons. The zero-order valence-corrected chi connectivity index (χ0v) is 8.42. The minimum Gasteiger partial charge on any atom is -0.302 e. The summed E-state index contributed by atoms with van der Waals surface area (Å²) in [6, 6.07) is 2.33. The van der Waals surface area contributed by atoms with Gasteiger partial charge < -0.3 is 4.90 Å². The zero-order valence-electron chi connectivity index (χ0n) is 8.42. The third-order valence-corrected chi connectivity index (χ3v) is 3.48. The largest absolute Gasteiger partial charge is 0.302 e. The third kappa shape index (κ3) is 2.03. The molecule has 1 saturated heterocycles. The quantitative estimate of drug-likeness (QED) is 0.661. The molecule has 13 heavy (non-hydrogen) atoms. The predicted molar refractivity (Wildman–Crippen MR) is 52.1 cm³/mol. The second-order valence-corrected chi connectivity index (χ2v) is 4.96. The maximum atomic E-state index is 8.70. The standard InChI is InChI=1S/C11H18N2/c1-10-2-7-13(8-10)9-11(3-4-11)5-6-12/h10H,2-5,7-9H2,1H3. The molecule has 0 radical (unpaired) electrons. The minimum absolute atomic E-state index is 0.415. The smallest absolute Gasteiger partial charge is 0.0628 e. The molecule has 2 fully saturated rings. The van der Waals surface area contributed by atoms with Crippen LogP contribution in [0.15, 0.2) is 0 Å². The lowest BCUT2D eigenvalue weighted by Gasteiger charge is -2.20. The van der Waals surface area contributed by atoms with Crippen molar-refractivity contribution < 1.29 is 0 Å². The summed E-state index contributed by atoms with van der Waals surface area (Å²) < 4.78 is 0. The van der Waals surface area contributed by atoms with Gasteiger partial charge in [-0.1, -0.05) is 6.92 Å². The lowest BCUT2D eigenvalue weighted by molar-refractivity contribution is 0.259. The van der Waals surface area contributed by atoms with Crippen LogP contribution >= 0.6 is 0 Å². The van der Waals surface area contributed by atoms with Crippen LogP contribution in [0.25, 0.3) is 0 Å². The average Bonchev–Trinajstić information content (AvgIpc) is 2.70. The van der Waals surface area contributed by atoms with E-state index in [4.69, 9.17) is 5.26 Å². The third-order valence-electron chi connectivity index (χ3n) is 3.48. The molecule has 2 rings (SSSR count). The molecule has 1 atom stereocenters. The second kappa shape index (κ2) is 3.31. The van der Waals surface area contributed by atoms with E-state index in [1.165, 1.54) is 38.9 Å². The van der Waals surface area contributed by atoms with Crippen molar-refractivity contribution in [2.75, 3.05) is 19.6 Å². The molecule has 1 heterocycles. The molecule has 1 unspecified atom stereocenters. The van der Waals surface area contributed by atoms with Gasteiger partial charge in [-0.2, -0.15) is 5.26 Å². The van der Waals surface area contributed by atoms with Crippen LogP contribution in [0.5, 0.6) is 0 Å². The van der Waals surface area contributed by atoms with Crippen molar-refractivity contribution in [3.8, 4) is 6.07 Å². The fourth-order valence-electron chi connectivity index (χ4n) is 2.38. The van der Waals surface area contributed by atoms with Gasteiger partial charge in [-0.05, 0) is 37.1 Å². The summed E-state index contributed by atoms with van der Waals surface area (Å²) in [4.78, 5) is 2.55. The van der Waals surface area contributed by atoms with E-state index in [1.807, 2.05) is 0 Å². The molecular weight excluding hydrogens is 160 g/mol. The molecule has 0 N–H and O–H groups in total. The molecule has 0 spiro atoms. The van der Waals surface area contributed by atoms with Crippen LogP contribution in [0.1, 0.15) is 32.6 Å². The Kier molecular flexibility index (Phi) is 2.29. The first-order chi connectivity index (χ1) is 6.24. The molecule has 1 saturated carbocycles. The van der Waals surface area contributed by atoms with E-state index in [0.717, 1.165) is 12.3 Å². The first-order valence-electron chi connectivity index (χ1n) is 5.33. The first-order valence-corrected chi connectivity index (χ1v) is 5.33. The van der Waals surface area contributed by atoms with E-state index < -0.39 is 0 Å². The fourth-order valence-corrected chi connectivity index (χ4v) is 2.38. The van der Waals surface area contributed by atoms with Gasteiger partial charge in [-0.15, -0.1) is 0 Å². The van der Waals surface area contributed by atoms with Crippen molar-refractivity contribution in [2.45, 2.75) is 32.6 Å². The molecule has 1 aliphatic heterocycles. The Morgan fingerprint density at radius 2 is 2.31 bits per heavy atom. The van der Waals surface area contributed by atoms with Crippen LogP contribution < -0.4 is 0 Å². The van der Waals surface area contributed by atoms with E-state index in [1.54, 1.807) is 0 Å². The monoisotopic (exact) mass is 178 g/mol. The van der Waals surface area contributed by atoms with Crippen molar-refractivity contribution in [3.63, 3.8) is 0 Å². The predicted octanol–water partition coefficient (Wildman–Crippen LogP) is 2.02. The van der Waals surface area contributed by atoms with Gasteiger partial charge in [0.05, 0.1) is 6.07 Å². The van der Waals surface area contributed by atoms with Gasteiger partial charge in [-0.25, -0.2) is 0 Å². The number of likely N-dealkylation sites (tertiary alicyclic amines) is 1. The molecule has 0 aromatic heterocycles. The van der Waals surface area contributed by atoms with E-state index in [-0.39, 0.29) is 0 Å². The summed E-state index contributed by atoms with van der Waals surface area (Å²) in [5.41, 5.74) is 0.415. The van der Waals surface area contributed by atoms with Crippen molar-refractivity contribution in [2.24, 2.45) is 11.3 Å².